The number of carbonyl (C=O) groups is 1. The maximum absolute atomic E-state index is 13.0. The van der Waals surface area contributed by atoms with Gasteiger partial charge in [-0.2, -0.15) is 0 Å². The lowest BCUT2D eigenvalue weighted by Gasteiger charge is -2.32. The molecule has 1 saturated heterocycles. The zero-order valence-electron chi connectivity index (χ0n) is 15.2. The third kappa shape index (κ3) is 4.20. The van der Waals surface area contributed by atoms with Crippen LogP contribution in [0.1, 0.15) is 17.4 Å². The quantitative estimate of drug-likeness (QED) is 0.698. The van der Waals surface area contributed by atoms with Crippen LogP contribution >= 0.6 is 0 Å². The minimum absolute atomic E-state index is 0.00189. The van der Waals surface area contributed by atoms with Crippen molar-refractivity contribution in [3.63, 3.8) is 0 Å². The van der Waals surface area contributed by atoms with Gasteiger partial charge in [0.05, 0.1) is 25.3 Å². The lowest BCUT2D eigenvalue weighted by molar-refractivity contribution is -0.138. The molecule has 0 radical (unpaired) electrons. The first-order valence-corrected chi connectivity index (χ1v) is 9.04. The van der Waals surface area contributed by atoms with Crippen LogP contribution in [0.2, 0.25) is 0 Å². The summed E-state index contributed by atoms with van der Waals surface area (Å²) in [5.41, 5.74) is 3.38. The molecule has 0 N–H and O–H groups in total. The molecule has 1 fully saturated rings. The van der Waals surface area contributed by atoms with E-state index in [0.717, 1.165) is 22.4 Å². The number of amides is 1. The highest BCUT2D eigenvalue weighted by atomic mass is 19.1. The molecule has 3 heterocycles. The SMILES string of the molecule is O=C(Cc1ccc(F)cc1)N1CCO[C@@H](c2ccc(-c3cncnc3)cn2)C1. The van der Waals surface area contributed by atoms with E-state index in [-0.39, 0.29) is 24.2 Å². The first-order valence-electron chi connectivity index (χ1n) is 9.04. The Balaban J connectivity index is 1.42. The van der Waals surface area contributed by atoms with Gasteiger partial charge < -0.3 is 9.64 Å². The highest BCUT2D eigenvalue weighted by molar-refractivity contribution is 5.79. The molecule has 0 spiro atoms. The second-order valence-electron chi connectivity index (χ2n) is 6.60. The van der Waals surface area contributed by atoms with Gasteiger partial charge in [-0.25, -0.2) is 14.4 Å². The highest BCUT2D eigenvalue weighted by Crippen LogP contribution is 2.24. The Morgan fingerprint density at radius 2 is 1.86 bits per heavy atom. The van der Waals surface area contributed by atoms with Gasteiger partial charge in [0.15, 0.2) is 0 Å². The Kier molecular flexibility index (Phi) is 5.34. The second kappa shape index (κ2) is 8.22. The summed E-state index contributed by atoms with van der Waals surface area (Å²) in [5.74, 6) is -0.308. The van der Waals surface area contributed by atoms with Gasteiger partial charge in [0, 0.05) is 36.3 Å². The fraction of sp³-hybridized carbons (Fsp3) is 0.238. The third-order valence-electron chi connectivity index (χ3n) is 4.70. The number of ether oxygens (including phenoxy) is 1. The standard InChI is InChI=1S/C21H19FN4O2/c22-18-4-1-15(2-5-18)9-21(27)26-7-8-28-20(13-26)19-6-3-16(12-25-19)17-10-23-14-24-11-17/h1-6,10-12,14,20H,7-9,13H2/t20-/m1/s1. The molecule has 7 heteroatoms. The number of carbonyl (C=O) groups excluding carboxylic acids is 1. The summed E-state index contributed by atoms with van der Waals surface area (Å²) in [7, 11) is 0. The molecule has 1 aromatic carbocycles. The average Bonchev–Trinajstić information content (AvgIpc) is 2.76. The second-order valence-corrected chi connectivity index (χ2v) is 6.60. The van der Waals surface area contributed by atoms with E-state index in [1.165, 1.54) is 18.5 Å². The van der Waals surface area contributed by atoms with Gasteiger partial charge in [-0.3, -0.25) is 9.78 Å². The van der Waals surface area contributed by atoms with Gasteiger partial charge in [-0.15, -0.1) is 0 Å². The van der Waals surface area contributed by atoms with E-state index in [0.29, 0.717) is 19.7 Å². The van der Waals surface area contributed by atoms with Crippen LogP contribution in [0.4, 0.5) is 4.39 Å². The lowest BCUT2D eigenvalue weighted by atomic mass is 10.1. The molecule has 6 nitrogen and oxygen atoms in total. The Morgan fingerprint density at radius 1 is 1.07 bits per heavy atom. The molecule has 3 aromatic rings. The molecular formula is C21H19FN4O2. The number of benzene rings is 1. The predicted octanol–water partition coefficient (Wildman–Crippen LogP) is 2.82. The number of halogens is 1. The van der Waals surface area contributed by atoms with Gasteiger partial charge >= 0.3 is 0 Å². The molecule has 0 unspecified atom stereocenters. The minimum Gasteiger partial charge on any atom is -0.368 e. The van der Waals surface area contributed by atoms with Gasteiger partial charge in [0.1, 0.15) is 18.2 Å². The summed E-state index contributed by atoms with van der Waals surface area (Å²) in [6, 6.07) is 9.87. The van der Waals surface area contributed by atoms with Crippen LogP contribution < -0.4 is 0 Å². The summed E-state index contributed by atoms with van der Waals surface area (Å²) in [6.45, 7) is 1.44. The molecular weight excluding hydrogens is 359 g/mol. The predicted molar refractivity (Wildman–Crippen MR) is 101 cm³/mol. The molecule has 142 valence electrons. The molecule has 28 heavy (non-hydrogen) atoms. The van der Waals surface area contributed by atoms with Crippen molar-refractivity contribution in [3.05, 3.63) is 78.4 Å². The van der Waals surface area contributed by atoms with E-state index < -0.39 is 0 Å². The third-order valence-corrected chi connectivity index (χ3v) is 4.70. The van der Waals surface area contributed by atoms with E-state index in [1.54, 1.807) is 35.6 Å². The Bertz CT molecular complexity index is 933. The number of nitrogens with zero attached hydrogens (tertiary/aromatic N) is 4. The van der Waals surface area contributed by atoms with Crippen molar-refractivity contribution in [1.29, 1.82) is 0 Å². The van der Waals surface area contributed by atoms with E-state index in [9.17, 15) is 9.18 Å². The van der Waals surface area contributed by atoms with E-state index in [2.05, 4.69) is 15.0 Å². The number of morpholine rings is 1. The highest BCUT2D eigenvalue weighted by Gasteiger charge is 2.26. The fourth-order valence-electron chi connectivity index (χ4n) is 3.16. The summed E-state index contributed by atoms with van der Waals surface area (Å²) in [4.78, 5) is 26.9. The van der Waals surface area contributed by atoms with Crippen LogP contribution in [0.5, 0.6) is 0 Å². The zero-order chi connectivity index (χ0) is 19.3. The normalized spacial score (nSPS) is 16.8. The van der Waals surface area contributed by atoms with Crippen molar-refractivity contribution in [1.82, 2.24) is 19.9 Å². The van der Waals surface area contributed by atoms with E-state index >= 15 is 0 Å². The molecule has 2 aromatic heterocycles. The maximum Gasteiger partial charge on any atom is 0.227 e. The van der Waals surface area contributed by atoms with Gasteiger partial charge in [-0.05, 0) is 23.8 Å². The van der Waals surface area contributed by atoms with Crippen molar-refractivity contribution in [2.45, 2.75) is 12.5 Å². The summed E-state index contributed by atoms with van der Waals surface area (Å²) in [6.07, 6.45) is 6.68. The van der Waals surface area contributed by atoms with Crippen LogP contribution in [0.25, 0.3) is 11.1 Å². The van der Waals surface area contributed by atoms with Crippen molar-refractivity contribution in [2.75, 3.05) is 19.7 Å². The van der Waals surface area contributed by atoms with Crippen LogP contribution in [0, 0.1) is 5.82 Å². The molecule has 1 amide bonds. The number of aromatic nitrogens is 3. The van der Waals surface area contributed by atoms with Crippen LogP contribution in [0.15, 0.2) is 61.3 Å². The minimum atomic E-state index is -0.306. The molecule has 1 atom stereocenters. The van der Waals surface area contributed by atoms with E-state index in [4.69, 9.17) is 4.74 Å². The summed E-state index contributed by atoms with van der Waals surface area (Å²) in [5, 5.41) is 0. The zero-order valence-corrected chi connectivity index (χ0v) is 15.2. The number of hydrogen-bond acceptors (Lipinski definition) is 5. The number of rotatable bonds is 4. The van der Waals surface area contributed by atoms with Crippen LogP contribution in [-0.4, -0.2) is 45.5 Å². The number of pyridine rings is 1. The molecule has 4 rings (SSSR count). The maximum atomic E-state index is 13.0. The fourth-order valence-corrected chi connectivity index (χ4v) is 3.16. The Labute approximate surface area is 162 Å². The Morgan fingerprint density at radius 3 is 2.57 bits per heavy atom. The Hall–Kier alpha value is -3.19. The van der Waals surface area contributed by atoms with Gasteiger partial charge in [0.2, 0.25) is 5.91 Å². The van der Waals surface area contributed by atoms with Crippen molar-refractivity contribution >= 4 is 5.91 Å². The molecule has 1 aliphatic rings. The number of hydrogen-bond donors (Lipinski definition) is 0. The lowest BCUT2D eigenvalue weighted by Crippen LogP contribution is -2.43. The van der Waals surface area contributed by atoms with Gasteiger partial charge in [0.25, 0.3) is 0 Å². The molecule has 0 bridgehead atoms. The molecule has 0 saturated carbocycles. The van der Waals surface area contributed by atoms with Crippen molar-refractivity contribution in [2.24, 2.45) is 0 Å². The largest absolute Gasteiger partial charge is 0.368 e. The van der Waals surface area contributed by atoms with Crippen LogP contribution in [0.3, 0.4) is 0 Å². The average molecular weight is 378 g/mol. The van der Waals surface area contributed by atoms with Crippen molar-refractivity contribution < 1.29 is 13.9 Å². The first-order chi connectivity index (χ1) is 13.7. The topological polar surface area (TPSA) is 68.2 Å². The first kappa shape index (κ1) is 18.2. The monoisotopic (exact) mass is 378 g/mol. The smallest absolute Gasteiger partial charge is 0.227 e. The summed E-state index contributed by atoms with van der Waals surface area (Å²) >= 11 is 0. The summed E-state index contributed by atoms with van der Waals surface area (Å²) < 4.78 is 18.9. The van der Waals surface area contributed by atoms with Crippen molar-refractivity contribution in [3.8, 4) is 11.1 Å². The molecule has 0 aliphatic carbocycles. The molecule has 1 aliphatic heterocycles. The van der Waals surface area contributed by atoms with Crippen LogP contribution in [-0.2, 0) is 16.0 Å². The van der Waals surface area contributed by atoms with E-state index in [1.807, 2.05) is 12.1 Å². The van der Waals surface area contributed by atoms with Gasteiger partial charge in [-0.1, -0.05) is 18.2 Å².